The molecule has 1 aliphatic carbocycles. The number of H-pyrrole nitrogens is 1. The third-order valence-corrected chi connectivity index (χ3v) is 5.46. The van der Waals surface area contributed by atoms with Crippen molar-refractivity contribution in [3.63, 3.8) is 0 Å². The Bertz CT molecular complexity index is 1150. The number of nitrogens with one attached hydrogen (secondary N) is 2. The van der Waals surface area contributed by atoms with Gasteiger partial charge < -0.3 is 25.5 Å². The number of hydrogen-bond acceptors (Lipinski definition) is 5. The Kier molecular flexibility index (Phi) is 4.87. The number of nitrogen functional groups attached to an aromatic ring is 1. The lowest BCUT2D eigenvalue weighted by Crippen LogP contribution is -2.20. The summed E-state index contributed by atoms with van der Waals surface area (Å²) in [6, 6.07) is 8.74. The van der Waals surface area contributed by atoms with Crippen LogP contribution in [0.1, 0.15) is 42.1 Å². The highest BCUT2D eigenvalue weighted by atomic mass is 35.5. The highest BCUT2D eigenvalue weighted by Crippen LogP contribution is 2.38. The van der Waals surface area contributed by atoms with Crippen LogP contribution in [0, 0.1) is 0 Å². The summed E-state index contributed by atoms with van der Waals surface area (Å²) in [5.74, 6) is 0.780. The van der Waals surface area contributed by atoms with Crippen LogP contribution in [-0.4, -0.2) is 22.3 Å². The Labute approximate surface area is 172 Å². The van der Waals surface area contributed by atoms with Crippen LogP contribution in [-0.2, 0) is 0 Å². The number of carbonyl (C=O) groups is 1. The zero-order valence-corrected chi connectivity index (χ0v) is 16.4. The van der Waals surface area contributed by atoms with E-state index in [1.165, 1.54) is 0 Å². The maximum atomic E-state index is 12.7. The smallest absolute Gasteiger partial charge is 0.326 e. The second-order valence-corrected chi connectivity index (χ2v) is 7.22. The molecule has 9 heteroatoms. The van der Waals surface area contributed by atoms with Crippen molar-refractivity contribution in [1.29, 1.82) is 0 Å². The molecule has 2 aromatic carbocycles. The van der Waals surface area contributed by atoms with E-state index in [0.717, 1.165) is 31.2 Å². The number of aromatic amines is 1. The summed E-state index contributed by atoms with van der Waals surface area (Å²) >= 11 is 0. The molecule has 2 heterocycles. The fourth-order valence-corrected chi connectivity index (χ4v) is 4.06. The molecular weight excluding hydrogens is 396 g/mol. The Morgan fingerprint density at radius 1 is 1.14 bits per heavy atom. The highest BCUT2D eigenvalue weighted by molar-refractivity contribution is 6.07. The molecule has 0 atom stereocenters. The Hall–Kier alpha value is -3.13. The Morgan fingerprint density at radius 2 is 1.86 bits per heavy atom. The molecular formula is C20H21ClN4O4. The second kappa shape index (κ2) is 7.36. The topological polar surface area (TPSA) is 111 Å². The summed E-state index contributed by atoms with van der Waals surface area (Å²) in [7, 11) is 0. The maximum Gasteiger partial charge on any atom is 0.326 e. The molecule has 8 nitrogen and oxygen atoms in total. The van der Waals surface area contributed by atoms with Crippen molar-refractivity contribution >= 4 is 40.7 Å². The average Bonchev–Trinajstić information content (AvgIpc) is 3.40. The minimum Gasteiger partial charge on any atom is -0.454 e. The van der Waals surface area contributed by atoms with Gasteiger partial charge in [0.1, 0.15) is 0 Å². The van der Waals surface area contributed by atoms with Crippen molar-refractivity contribution in [3.05, 3.63) is 46.4 Å². The summed E-state index contributed by atoms with van der Waals surface area (Å²) in [6.45, 7) is 0.133. The number of carbonyl (C=O) groups excluding carboxylic acids is 1. The molecule has 0 unspecified atom stereocenters. The third kappa shape index (κ3) is 3.29. The van der Waals surface area contributed by atoms with Crippen LogP contribution >= 0.6 is 12.4 Å². The van der Waals surface area contributed by atoms with Crippen molar-refractivity contribution < 1.29 is 14.3 Å². The van der Waals surface area contributed by atoms with Crippen LogP contribution in [0.25, 0.3) is 11.0 Å². The van der Waals surface area contributed by atoms with Crippen molar-refractivity contribution in [2.45, 2.75) is 31.7 Å². The molecule has 1 fully saturated rings. The zero-order chi connectivity index (χ0) is 19.3. The lowest BCUT2D eigenvalue weighted by Gasteiger charge is -2.12. The lowest BCUT2D eigenvalue weighted by atomic mass is 10.1. The van der Waals surface area contributed by atoms with Crippen LogP contribution in [0.4, 0.5) is 11.4 Å². The van der Waals surface area contributed by atoms with Gasteiger partial charge in [-0.3, -0.25) is 9.36 Å². The molecule has 2 aliphatic rings. The van der Waals surface area contributed by atoms with Crippen LogP contribution in [0.3, 0.4) is 0 Å². The number of ether oxygens (including phenoxy) is 2. The zero-order valence-electron chi connectivity index (χ0n) is 15.6. The van der Waals surface area contributed by atoms with Gasteiger partial charge >= 0.3 is 5.69 Å². The molecule has 0 spiro atoms. The number of nitrogens with zero attached hydrogens (tertiary/aromatic N) is 1. The lowest BCUT2D eigenvalue weighted by molar-refractivity contribution is 0.102. The fraction of sp³-hybridized carbons (Fsp3) is 0.300. The summed E-state index contributed by atoms with van der Waals surface area (Å²) in [6.07, 6.45) is 4.30. The Balaban J connectivity index is 0.00000205. The van der Waals surface area contributed by atoms with Gasteiger partial charge in [-0.2, -0.15) is 0 Å². The van der Waals surface area contributed by atoms with Gasteiger partial charge in [-0.25, -0.2) is 4.79 Å². The van der Waals surface area contributed by atoms with Crippen LogP contribution in [0.2, 0.25) is 0 Å². The van der Waals surface area contributed by atoms with Gasteiger partial charge in [-0.1, -0.05) is 12.8 Å². The molecule has 1 aromatic heterocycles. The van der Waals surface area contributed by atoms with E-state index in [1.807, 2.05) is 10.6 Å². The van der Waals surface area contributed by atoms with Gasteiger partial charge in [0, 0.05) is 23.7 Å². The number of rotatable bonds is 3. The number of amides is 1. The predicted molar refractivity (Wildman–Crippen MR) is 112 cm³/mol. The van der Waals surface area contributed by atoms with Gasteiger partial charge in [0.25, 0.3) is 5.91 Å². The molecule has 4 N–H and O–H groups in total. The van der Waals surface area contributed by atoms with E-state index in [4.69, 9.17) is 15.2 Å². The fourth-order valence-electron chi connectivity index (χ4n) is 4.06. The van der Waals surface area contributed by atoms with E-state index < -0.39 is 0 Å². The van der Waals surface area contributed by atoms with E-state index in [9.17, 15) is 9.59 Å². The van der Waals surface area contributed by atoms with Crippen LogP contribution in [0.15, 0.2) is 35.1 Å². The van der Waals surface area contributed by atoms with Crippen LogP contribution < -0.4 is 26.2 Å². The van der Waals surface area contributed by atoms with Gasteiger partial charge in [0.2, 0.25) is 6.79 Å². The van der Waals surface area contributed by atoms with E-state index in [0.29, 0.717) is 34.0 Å². The quantitative estimate of drug-likeness (QED) is 0.566. The number of hydrogen-bond donors (Lipinski definition) is 3. The van der Waals surface area contributed by atoms with E-state index in [2.05, 4.69) is 10.3 Å². The molecule has 1 aliphatic heterocycles. The maximum absolute atomic E-state index is 12.7. The first kappa shape index (κ1) is 19.2. The van der Waals surface area contributed by atoms with Crippen molar-refractivity contribution in [3.8, 4) is 11.5 Å². The van der Waals surface area contributed by atoms with E-state index in [1.54, 1.807) is 24.3 Å². The molecule has 29 heavy (non-hydrogen) atoms. The highest BCUT2D eigenvalue weighted by Gasteiger charge is 2.22. The number of aromatic nitrogens is 2. The van der Waals surface area contributed by atoms with Crippen molar-refractivity contribution in [2.24, 2.45) is 0 Å². The predicted octanol–water partition coefficient (Wildman–Crippen LogP) is 3.43. The summed E-state index contributed by atoms with van der Waals surface area (Å²) in [5, 5.41) is 2.80. The van der Waals surface area contributed by atoms with Crippen LogP contribution in [0.5, 0.6) is 11.5 Å². The average molecular weight is 417 g/mol. The molecule has 0 saturated heterocycles. The summed E-state index contributed by atoms with van der Waals surface area (Å²) < 4.78 is 12.4. The van der Waals surface area contributed by atoms with Gasteiger partial charge in [-0.15, -0.1) is 12.4 Å². The molecule has 0 bridgehead atoms. The van der Waals surface area contributed by atoms with Gasteiger partial charge in [0.15, 0.2) is 11.5 Å². The van der Waals surface area contributed by atoms with E-state index >= 15 is 0 Å². The first-order chi connectivity index (χ1) is 13.6. The van der Waals surface area contributed by atoms with Gasteiger partial charge in [0.05, 0.1) is 22.4 Å². The van der Waals surface area contributed by atoms with Crippen molar-refractivity contribution in [2.75, 3.05) is 17.8 Å². The molecule has 3 aromatic rings. The largest absolute Gasteiger partial charge is 0.454 e. The number of benzene rings is 2. The molecule has 0 radical (unpaired) electrons. The number of fused-ring (bicyclic) bond motifs is 2. The number of halogens is 1. The van der Waals surface area contributed by atoms with Crippen molar-refractivity contribution in [1.82, 2.24) is 9.55 Å². The molecule has 152 valence electrons. The SMILES string of the molecule is Cl.Nc1cc2c(cc1NC(=O)c1ccc3c(c1)[nH]c(=O)n3C1CCCC1)OCO2. The number of imidazole rings is 1. The summed E-state index contributed by atoms with van der Waals surface area (Å²) in [4.78, 5) is 28.0. The monoisotopic (exact) mass is 416 g/mol. The first-order valence-electron chi connectivity index (χ1n) is 9.35. The number of nitrogens with two attached hydrogens (primary N) is 1. The normalized spacial score (nSPS) is 15.4. The molecule has 5 rings (SSSR count). The second-order valence-electron chi connectivity index (χ2n) is 7.22. The third-order valence-electron chi connectivity index (χ3n) is 5.46. The van der Waals surface area contributed by atoms with E-state index in [-0.39, 0.29) is 36.8 Å². The number of anilines is 2. The molecule has 1 amide bonds. The minimum atomic E-state index is -0.318. The summed E-state index contributed by atoms with van der Waals surface area (Å²) in [5.41, 5.74) is 8.64. The minimum absolute atomic E-state index is 0. The Morgan fingerprint density at radius 3 is 2.62 bits per heavy atom. The molecule has 1 saturated carbocycles. The first-order valence-corrected chi connectivity index (χ1v) is 9.35. The standard InChI is InChI=1S/C20H20N4O4.ClH/c21-13-8-17-18(28-10-27-17)9-14(13)22-19(25)11-5-6-16-15(7-11)23-20(26)24(16)12-3-1-2-4-12;/h5-9,12H,1-4,10,21H2,(H,22,25)(H,23,26);1H. The van der Waals surface area contributed by atoms with Gasteiger partial charge in [-0.05, 0) is 31.0 Å².